The fourth-order valence-electron chi connectivity index (χ4n) is 2.13. The lowest BCUT2D eigenvalue weighted by Gasteiger charge is -2.05. The molecule has 0 bridgehead atoms. The molecule has 0 unspecified atom stereocenters. The minimum absolute atomic E-state index is 0.204. The van der Waals surface area contributed by atoms with Crippen molar-refractivity contribution in [3.63, 3.8) is 0 Å². The fraction of sp³-hybridized carbons (Fsp3) is 0.200. The molecule has 0 fully saturated rings. The molecule has 1 N–H and O–H groups in total. The molecule has 120 valence electrons. The van der Waals surface area contributed by atoms with Gasteiger partial charge in [0.05, 0.1) is 17.5 Å². The summed E-state index contributed by atoms with van der Waals surface area (Å²) in [7, 11) is 0. The van der Waals surface area contributed by atoms with Gasteiger partial charge in [0.25, 0.3) is 5.91 Å². The van der Waals surface area contributed by atoms with Crippen LogP contribution in [0.15, 0.2) is 47.3 Å². The SMILES string of the molecule is O=C(NCCc1cn2cc(C(F)(F)F)ccc2n1)c1ccco1. The summed E-state index contributed by atoms with van der Waals surface area (Å²) in [6.07, 6.45) is -0.0860. The van der Waals surface area contributed by atoms with E-state index in [1.54, 1.807) is 12.1 Å². The Morgan fingerprint density at radius 2 is 2.09 bits per heavy atom. The van der Waals surface area contributed by atoms with Gasteiger partial charge in [-0.3, -0.25) is 4.79 Å². The lowest BCUT2D eigenvalue weighted by atomic mass is 10.3. The number of rotatable bonds is 4. The molecule has 0 saturated carbocycles. The van der Waals surface area contributed by atoms with Crippen molar-refractivity contribution in [1.82, 2.24) is 14.7 Å². The van der Waals surface area contributed by atoms with Crippen LogP contribution in [0.4, 0.5) is 13.2 Å². The molecule has 0 aliphatic rings. The Labute approximate surface area is 128 Å². The summed E-state index contributed by atoms with van der Waals surface area (Å²) in [6, 6.07) is 5.45. The topological polar surface area (TPSA) is 59.5 Å². The Morgan fingerprint density at radius 3 is 2.78 bits per heavy atom. The number of hydrogen-bond acceptors (Lipinski definition) is 3. The second kappa shape index (κ2) is 5.79. The third-order valence-electron chi connectivity index (χ3n) is 3.24. The van der Waals surface area contributed by atoms with E-state index in [9.17, 15) is 18.0 Å². The largest absolute Gasteiger partial charge is 0.459 e. The molecule has 23 heavy (non-hydrogen) atoms. The van der Waals surface area contributed by atoms with E-state index in [-0.39, 0.29) is 11.7 Å². The highest BCUT2D eigenvalue weighted by Crippen LogP contribution is 2.29. The summed E-state index contributed by atoms with van der Waals surface area (Å²) in [6.45, 7) is 0.301. The van der Waals surface area contributed by atoms with Gasteiger partial charge in [-0.2, -0.15) is 13.2 Å². The minimum atomic E-state index is -4.39. The van der Waals surface area contributed by atoms with Crippen LogP contribution in [0.5, 0.6) is 0 Å². The molecule has 5 nitrogen and oxygen atoms in total. The zero-order valence-electron chi connectivity index (χ0n) is 11.8. The first-order valence-corrected chi connectivity index (χ1v) is 6.80. The summed E-state index contributed by atoms with van der Waals surface area (Å²) >= 11 is 0. The maximum absolute atomic E-state index is 12.7. The standard InChI is InChI=1S/C15H12F3N3O2/c16-15(17,18)10-3-4-13-20-11(9-21(13)8-10)5-6-19-14(22)12-2-1-7-23-12/h1-4,7-9H,5-6H2,(H,19,22). The van der Waals surface area contributed by atoms with Crippen molar-refractivity contribution in [3.8, 4) is 0 Å². The summed E-state index contributed by atoms with van der Waals surface area (Å²) in [5.74, 6) is -0.145. The number of alkyl halides is 3. The quantitative estimate of drug-likeness (QED) is 0.803. The number of aromatic nitrogens is 2. The van der Waals surface area contributed by atoms with E-state index in [0.29, 0.717) is 24.3 Å². The first-order chi connectivity index (χ1) is 10.9. The number of nitrogens with zero attached hydrogens (tertiary/aromatic N) is 2. The number of fused-ring (bicyclic) bond motifs is 1. The Balaban J connectivity index is 1.65. The van der Waals surface area contributed by atoms with Crippen molar-refractivity contribution in [2.24, 2.45) is 0 Å². The normalized spacial score (nSPS) is 11.8. The molecule has 8 heteroatoms. The van der Waals surface area contributed by atoms with Gasteiger partial charge in [-0.1, -0.05) is 0 Å². The average Bonchev–Trinajstić information content (AvgIpc) is 3.14. The number of pyridine rings is 1. The predicted molar refractivity (Wildman–Crippen MR) is 74.9 cm³/mol. The van der Waals surface area contributed by atoms with Gasteiger partial charge >= 0.3 is 6.18 Å². The van der Waals surface area contributed by atoms with Crippen LogP contribution in [0.2, 0.25) is 0 Å². The van der Waals surface area contributed by atoms with Gasteiger partial charge < -0.3 is 14.1 Å². The van der Waals surface area contributed by atoms with Crippen LogP contribution in [0, 0.1) is 0 Å². The van der Waals surface area contributed by atoms with Crippen LogP contribution in [0.1, 0.15) is 21.8 Å². The molecular weight excluding hydrogens is 311 g/mol. The molecule has 0 aliphatic heterocycles. The number of amides is 1. The maximum Gasteiger partial charge on any atom is 0.417 e. The highest BCUT2D eigenvalue weighted by atomic mass is 19.4. The van der Waals surface area contributed by atoms with Crippen LogP contribution in [-0.2, 0) is 12.6 Å². The zero-order chi connectivity index (χ0) is 16.4. The predicted octanol–water partition coefficient (Wildman–Crippen LogP) is 2.92. The molecule has 0 aliphatic carbocycles. The van der Waals surface area contributed by atoms with Gasteiger partial charge in [0, 0.05) is 25.4 Å². The van der Waals surface area contributed by atoms with Gasteiger partial charge in [0.2, 0.25) is 0 Å². The number of furan rings is 1. The second-order valence-corrected chi connectivity index (χ2v) is 4.90. The summed E-state index contributed by atoms with van der Waals surface area (Å²) in [5, 5.41) is 2.65. The number of carbonyl (C=O) groups is 1. The van der Waals surface area contributed by atoms with Crippen molar-refractivity contribution in [2.45, 2.75) is 12.6 Å². The first kappa shape index (κ1) is 15.1. The number of imidazole rings is 1. The van der Waals surface area contributed by atoms with Crippen molar-refractivity contribution < 1.29 is 22.4 Å². The molecular formula is C15H12F3N3O2. The summed E-state index contributed by atoms with van der Waals surface area (Å²) in [4.78, 5) is 15.9. The van der Waals surface area contributed by atoms with E-state index in [1.807, 2.05) is 0 Å². The summed E-state index contributed by atoms with van der Waals surface area (Å²) in [5.41, 5.74) is 0.273. The van der Waals surface area contributed by atoms with Crippen LogP contribution < -0.4 is 5.32 Å². The molecule has 0 aromatic carbocycles. The highest BCUT2D eigenvalue weighted by Gasteiger charge is 2.30. The van der Waals surface area contributed by atoms with Gasteiger partial charge in [-0.15, -0.1) is 0 Å². The number of nitrogens with one attached hydrogen (secondary N) is 1. The Bertz CT molecular complexity index is 822. The van der Waals surface area contributed by atoms with Crippen molar-refractivity contribution in [2.75, 3.05) is 6.54 Å². The summed E-state index contributed by atoms with van der Waals surface area (Å²) < 4.78 is 44.3. The Morgan fingerprint density at radius 1 is 1.26 bits per heavy atom. The van der Waals surface area contributed by atoms with E-state index in [0.717, 1.165) is 12.3 Å². The zero-order valence-corrected chi connectivity index (χ0v) is 11.8. The fourth-order valence-corrected chi connectivity index (χ4v) is 2.13. The van der Waals surface area contributed by atoms with E-state index >= 15 is 0 Å². The van der Waals surface area contributed by atoms with Gasteiger partial charge in [-0.05, 0) is 24.3 Å². The lowest BCUT2D eigenvalue weighted by Crippen LogP contribution is -2.25. The van der Waals surface area contributed by atoms with Crippen LogP contribution in [-0.4, -0.2) is 21.8 Å². The third-order valence-corrected chi connectivity index (χ3v) is 3.24. The van der Waals surface area contributed by atoms with E-state index in [4.69, 9.17) is 4.42 Å². The molecule has 3 aromatic rings. The Kier molecular flexibility index (Phi) is 3.81. The number of hydrogen-bond donors (Lipinski definition) is 1. The molecule has 0 radical (unpaired) electrons. The minimum Gasteiger partial charge on any atom is -0.459 e. The molecule has 0 atom stereocenters. The molecule has 0 saturated heterocycles. The van der Waals surface area contributed by atoms with Gasteiger partial charge in [-0.25, -0.2) is 4.98 Å². The third kappa shape index (κ3) is 3.36. The van der Waals surface area contributed by atoms with Crippen molar-refractivity contribution in [1.29, 1.82) is 0 Å². The number of halogens is 3. The molecule has 1 amide bonds. The van der Waals surface area contributed by atoms with Crippen molar-refractivity contribution in [3.05, 3.63) is 59.9 Å². The maximum atomic E-state index is 12.7. The highest BCUT2D eigenvalue weighted by molar-refractivity contribution is 5.91. The Hall–Kier alpha value is -2.77. The van der Waals surface area contributed by atoms with E-state index < -0.39 is 11.7 Å². The monoisotopic (exact) mass is 323 g/mol. The lowest BCUT2D eigenvalue weighted by molar-refractivity contribution is -0.137. The smallest absolute Gasteiger partial charge is 0.417 e. The second-order valence-electron chi connectivity index (χ2n) is 4.90. The molecule has 3 heterocycles. The molecule has 0 spiro atoms. The molecule has 3 aromatic heterocycles. The van der Waals surface area contributed by atoms with E-state index in [2.05, 4.69) is 10.3 Å². The van der Waals surface area contributed by atoms with Gasteiger partial charge in [0.15, 0.2) is 5.76 Å². The van der Waals surface area contributed by atoms with Crippen LogP contribution in [0.3, 0.4) is 0 Å². The molecule has 3 rings (SSSR count). The van der Waals surface area contributed by atoms with Gasteiger partial charge in [0.1, 0.15) is 5.65 Å². The van der Waals surface area contributed by atoms with E-state index in [1.165, 1.54) is 22.9 Å². The van der Waals surface area contributed by atoms with Crippen molar-refractivity contribution >= 4 is 11.6 Å². The average molecular weight is 323 g/mol. The van der Waals surface area contributed by atoms with Crippen LogP contribution in [0.25, 0.3) is 5.65 Å². The first-order valence-electron chi connectivity index (χ1n) is 6.80. The number of carbonyl (C=O) groups excluding carboxylic acids is 1. The van der Waals surface area contributed by atoms with Crippen LogP contribution >= 0.6 is 0 Å².